The van der Waals surface area contributed by atoms with Crippen LogP contribution in [-0.2, 0) is 0 Å². The third-order valence-corrected chi connectivity index (χ3v) is 2.74. The van der Waals surface area contributed by atoms with Crippen LogP contribution >= 0.6 is 0 Å². The molecule has 0 aliphatic carbocycles. The van der Waals surface area contributed by atoms with Crippen LogP contribution in [0.1, 0.15) is 15.9 Å². The third-order valence-electron chi connectivity index (χ3n) is 2.74. The van der Waals surface area contributed by atoms with Crippen molar-refractivity contribution in [3.05, 3.63) is 35.1 Å². The molecule has 20 heavy (non-hydrogen) atoms. The lowest BCUT2D eigenvalue weighted by atomic mass is 10.1. The Labute approximate surface area is 118 Å². The number of carbonyl (C=O) groups excluding carboxylic acids is 1. The molecule has 0 heterocycles. The fourth-order valence-corrected chi connectivity index (χ4v) is 1.57. The molecule has 0 saturated heterocycles. The molecule has 0 aliphatic rings. The maximum absolute atomic E-state index is 13.7. The summed E-state index contributed by atoms with van der Waals surface area (Å²) >= 11 is 0. The second kappa shape index (κ2) is 7.63. The van der Waals surface area contributed by atoms with Gasteiger partial charge in [0.15, 0.2) is 0 Å². The van der Waals surface area contributed by atoms with Gasteiger partial charge in [-0.1, -0.05) is 11.8 Å². The van der Waals surface area contributed by atoms with E-state index in [1.165, 1.54) is 23.1 Å². The van der Waals surface area contributed by atoms with Crippen LogP contribution in [0.15, 0.2) is 18.2 Å². The van der Waals surface area contributed by atoms with Crippen LogP contribution < -0.4 is 0 Å². The van der Waals surface area contributed by atoms with E-state index in [-0.39, 0.29) is 18.1 Å². The molecule has 108 valence electrons. The number of hydrogen-bond donors (Lipinski definition) is 1. The molecule has 0 radical (unpaired) electrons. The van der Waals surface area contributed by atoms with Crippen LogP contribution in [0.5, 0.6) is 0 Å². The Morgan fingerprint density at radius 1 is 1.30 bits per heavy atom. The molecule has 1 aromatic carbocycles. The smallest absolute Gasteiger partial charge is 0.256 e. The van der Waals surface area contributed by atoms with Gasteiger partial charge in [-0.25, -0.2) is 4.39 Å². The molecule has 1 amide bonds. The minimum absolute atomic E-state index is 0.00371. The van der Waals surface area contributed by atoms with Crippen molar-refractivity contribution in [3.8, 4) is 11.8 Å². The quantitative estimate of drug-likeness (QED) is 0.829. The first-order valence-corrected chi connectivity index (χ1v) is 6.25. The molecule has 0 fully saturated rings. The average molecular weight is 278 g/mol. The molecule has 0 aliphatic heterocycles. The molecule has 1 rings (SSSR count). The van der Waals surface area contributed by atoms with Crippen LogP contribution in [0.4, 0.5) is 4.39 Å². The molecular weight excluding hydrogens is 259 g/mol. The van der Waals surface area contributed by atoms with Crippen LogP contribution in [-0.4, -0.2) is 61.7 Å². The lowest BCUT2D eigenvalue weighted by molar-refractivity contribution is 0.0781. The highest BCUT2D eigenvalue weighted by molar-refractivity contribution is 5.94. The number of carbonyl (C=O) groups is 1. The Morgan fingerprint density at radius 3 is 2.60 bits per heavy atom. The number of likely N-dealkylation sites (N-methyl/N-ethyl adjacent to an activating group) is 2. The third kappa shape index (κ3) is 4.65. The lowest BCUT2D eigenvalue weighted by Gasteiger charge is -2.20. The summed E-state index contributed by atoms with van der Waals surface area (Å²) in [4.78, 5) is 15.6. The van der Waals surface area contributed by atoms with Crippen LogP contribution in [0.25, 0.3) is 0 Å². The first-order valence-electron chi connectivity index (χ1n) is 6.25. The Kier molecular flexibility index (Phi) is 6.16. The fraction of sp³-hybridized carbons (Fsp3) is 0.400. The van der Waals surface area contributed by atoms with Gasteiger partial charge in [-0.3, -0.25) is 4.79 Å². The molecule has 0 saturated carbocycles. The van der Waals surface area contributed by atoms with Gasteiger partial charge in [0.25, 0.3) is 5.91 Å². The molecule has 0 bridgehead atoms. The number of nitrogens with zero attached hydrogens (tertiary/aromatic N) is 2. The van der Waals surface area contributed by atoms with E-state index in [9.17, 15) is 9.18 Å². The van der Waals surface area contributed by atoms with Crippen molar-refractivity contribution in [1.29, 1.82) is 0 Å². The molecule has 0 atom stereocenters. The van der Waals surface area contributed by atoms with Gasteiger partial charge in [0.1, 0.15) is 12.4 Å². The van der Waals surface area contributed by atoms with E-state index in [2.05, 4.69) is 11.8 Å². The summed E-state index contributed by atoms with van der Waals surface area (Å²) in [6.07, 6.45) is 0. The summed E-state index contributed by atoms with van der Waals surface area (Å²) in [7, 11) is 5.45. The monoisotopic (exact) mass is 278 g/mol. The van der Waals surface area contributed by atoms with Gasteiger partial charge in [-0.2, -0.15) is 0 Å². The minimum atomic E-state index is -0.568. The van der Waals surface area contributed by atoms with Gasteiger partial charge in [-0.15, -0.1) is 0 Å². The number of halogens is 1. The van der Waals surface area contributed by atoms with E-state index in [1.807, 2.05) is 19.0 Å². The molecule has 0 unspecified atom stereocenters. The van der Waals surface area contributed by atoms with Crippen LogP contribution in [0.3, 0.4) is 0 Å². The zero-order valence-electron chi connectivity index (χ0n) is 12.0. The molecule has 0 spiro atoms. The zero-order chi connectivity index (χ0) is 15.1. The van der Waals surface area contributed by atoms with Crippen LogP contribution in [0.2, 0.25) is 0 Å². The topological polar surface area (TPSA) is 43.8 Å². The summed E-state index contributed by atoms with van der Waals surface area (Å²) < 4.78 is 13.7. The summed E-state index contributed by atoms with van der Waals surface area (Å²) in [6, 6.07) is 4.11. The van der Waals surface area contributed by atoms with Crippen molar-refractivity contribution in [1.82, 2.24) is 9.80 Å². The van der Waals surface area contributed by atoms with Gasteiger partial charge in [0, 0.05) is 25.7 Å². The van der Waals surface area contributed by atoms with E-state index < -0.39 is 5.82 Å². The lowest BCUT2D eigenvalue weighted by Crippen LogP contribution is -2.34. The fourth-order valence-electron chi connectivity index (χ4n) is 1.57. The highest BCUT2D eigenvalue weighted by Gasteiger charge is 2.16. The second-order valence-corrected chi connectivity index (χ2v) is 4.68. The largest absolute Gasteiger partial charge is 0.384 e. The predicted molar refractivity (Wildman–Crippen MR) is 75.9 cm³/mol. The van der Waals surface area contributed by atoms with Gasteiger partial charge in [0.2, 0.25) is 0 Å². The Morgan fingerprint density at radius 2 is 2.00 bits per heavy atom. The van der Waals surface area contributed by atoms with Gasteiger partial charge >= 0.3 is 0 Å². The molecule has 5 heteroatoms. The highest BCUT2D eigenvalue weighted by atomic mass is 19.1. The normalized spacial score (nSPS) is 10.1. The van der Waals surface area contributed by atoms with Crippen molar-refractivity contribution in [2.45, 2.75) is 0 Å². The summed E-state index contributed by atoms with van der Waals surface area (Å²) in [5.74, 6) is 4.19. The van der Waals surface area contributed by atoms with Crippen LogP contribution in [0, 0.1) is 17.7 Å². The van der Waals surface area contributed by atoms with Crippen molar-refractivity contribution < 1.29 is 14.3 Å². The molecule has 1 N–H and O–H groups in total. The number of aliphatic hydroxyl groups excluding tert-OH is 1. The first-order chi connectivity index (χ1) is 9.45. The standard InChI is InChI=1S/C15H19FN2O2/c1-17(2)8-9-18(3)15(20)13-11-12(5-4-10-19)6-7-14(13)16/h6-7,11,19H,8-10H2,1-3H3. The molecule has 0 aromatic heterocycles. The molecule has 1 aromatic rings. The van der Waals surface area contributed by atoms with E-state index in [0.29, 0.717) is 18.7 Å². The maximum atomic E-state index is 13.7. The second-order valence-electron chi connectivity index (χ2n) is 4.68. The van der Waals surface area contributed by atoms with Crippen molar-refractivity contribution in [3.63, 3.8) is 0 Å². The van der Waals surface area contributed by atoms with E-state index >= 15 is 0 Å². The van der Waals surface area contributed by atoms with E-state index in [1.54, 1.807) is 7.05 Å². The summed E-state index contributed by atoms with van der Waals surface area (Å²) in [5.41, 5.74) is 0.501. The average Bonchev–Trinajstić information content (AvgIpc) is 2.43. The Hall–Kier alpha value is -1.90. The Balaban J connectivity index is 2.91. The van der Waals surface area contributed by atoms with Crippen molar-refractivity contribution in [2.24, 2.45) is 0 Å². The highest BCUT2D eigenvalue weighted by Crippen LogP contribution is 2.12. The number of aliphatic hydroxyl groups is 1. The minimum Gasteiger partial charge on any atom is -0.384 e. The number of benzene rings is 1. The number of hydrogen-bond acceptors (Lipinski definition) is 3. The van der Waals surface area contributed by atoms with Gasteiger partial charge < -0.3 is 14.9 Å². The summed E-state index contributed by atoms with van der Waals surface area (Å²) in [6.45, 7) is 0.940. The number of amides is 1. The Bertz CT molecular complexity index is 532. The van der Waals surface area contributed by atoms with Gasteiger partial charge in [0.05, 0.1) is 5.56 Å². The SMILES string of the molecule is CN(C)CCN(C)C(=O)c1cc(C#CCO)ccc1F. The maximum Gasteiger partial charge on any atom is 0.256 e. The predicted octanol–water partition coefficient (Wildman–Crippen LogP) is 0.803. The molecular formula is C15H19FN2O2. The molecule has 4 nitrogen and oxygen atoms in total. The zero-order valence-corrected chi connectivity index (χ0v) is 12.0. The first kappa shape index (κ1) is 16.2. The van der Waals surface area contributed by atoms with Crippen molar-refractivity contribution in [2.75, 3.05) is 40.8 Å². The van der Waals surface area contributed by atoms with E-state index in [4.69, 9.17) is 5.11 Å². The summed E-state index contributed by atoms with van der Waals surface area (Å²) in [5, 5.41) is 8.64. The van der Waals surface area contributed by atoms with Crippen molar-refractivity contribution >= 4 is 5.91 Å². The van der Waals surface area contributed by atoms with Gasteiger partial charge in [-0.05, 0) is 32.3 Å². The number of rotatable bonds is 4. The van der Waals surface area contributed by atoms with E-state index in [0.717, 1.165) is 0 Å².